The van der Waals surface area contributed by atoms with Gasteiger partial charge in [0, 0.05) is 6.54 Å². The molecule has 0 bridgehead atoms. The van der Waals surface area contributed by atoms with Crippen molar-refractivity contribution in [3.63, 3.8) is 0 Å². The molecule has 0 aliphatic rings. The maximum absolute atomic E-state index is 12.4. The second-order valence-corrected chi connectivity index (χ2v) is 2.84. The Balaban J connectivity index is 0.00000196. The molecule has 1 aromatic carbocycles. The normalized spacial score (nSPS) is 10.7. The summed E-state index contributed by atoms with van der Waals surface area (Å²) in [6, 6.07) is 3.59. The Morgan fingerprint density at radius 2 is 1.93 bits per heavy atom. The maximum Gasteiger partial charge on any atom is 1.00 e. The molecular formula is C8H10BF3KNO. The molecule has 1 rings (SSSR count). The van der Waals surface area contributed by atoms with Crippen LogP contribution in [-0.2, 0) is 6.54 Å². The molecule has 0 amide bonds. The van der Waals surface area contributed by atoms with Crippen molar-refractivity contribution < 1.29 is 69.1 Å². The molecule has 0 aliphatic heterocycles. The largest absolute Gasteiger partial charge is 1.00 e. The van der Waals surface area contributed by atoms with Gasteiger partial charge in [0.15, 0.2) is 0 Å². The third kappa shape index (κ3) is 4.09. The predicted octanol–water partition coefficient (Wildman–Crippen LogP) is -1.79. The number of hydrogen-bond donors (Lipinski definition) is 1. The summed E-state index contributed by atoms with van der Waals surface area (Å²) in [5.74, 6) is 0.384. The van der Waals surface area contributed by atoms with Crippen LogP contribution in [0.1, 0.15) is 5.56 Å². The first kappa shape index (κ1) is 15.5. The third-order valence-electron chi connectivity index (χ3n) is 1.92. The topological polar surface area (TPSA) is 35.2 Å². The van der Waals surface area contributed by atoms with Gasteiger partial charge in [-0.1, -0.05) is 11.6 Å². The number of nitrogens with two attached hydrogens (primary N) is 1. The minimum atomic E-state index is -4.99. The summed E-state index contributed by atoms with van der Waals surface area (Å²) < 4.78 is 42.1. The summed E-state index contributed by atoms with van der Waals surface area (Å²) in [6.45, 7) is -5.14. The minimum Gasteiger partial charge on any atom is -0.497 e. The second-order valence-electron chi connectivity index (χ2n) is 2.84. The zero-order valence-corrected chi connectivity index (χ0v) is 11.8. The number of ether oxygens (including phenoxy) is 1. The smallest absolute Gasteiger partial charge is 0.497 e. The summed E-state index contributed by atoms with van der Waals surface area (Å²) in [6.07, 6.45) is 0. The first-order chi connectivity index (χ1) is 6.49. The number of halogens is 3. The van der Waals surface area contributed by atoms with Crippen molar-refractivity contribution >= 4 is 12.4 Å². The van der Waals surface area contributed by atoms with Crippen LogP contribution in [0.2, 0.25) is 0 Å². The fourth-order valence-electron chi connectivity index (χ4n) is 1.21. The molecular weight excluding hydrogens is 233 g/mol. The maximum atomic E-state index is 12.4. The number of methoxy groups -OCH3 is 1. The Labute approximate surface area is 129 Å². The van der Waals surface area contributed by atoms with Crippen LogP contribution in [-0.4, -0.2) is 14.1 Å². The van der Waals surface area contributed by atoms with Crippen LogP contribution in [0.15, 0.2) is 18.2 Å². The van der Waals surface area contributed by atoms with Crippen LogP contribution in [0.5, 0.6) is 5.75 Å². The van der Waals surface area contributed by atoms with Crippen molar-refractivity contribution in [1.29, 1.82) is 0 Å². The molecule has 0 heterocycles. The van der Waals surface area contributed by atoms with E-state index < -0.39 is 12.4 Å². The van der Waals surface area contributed by atoms with Gasteiger partial charge in [0.2, 0.25) is 0 Å². The fourth-order valence-corrected chi connectivity index (χ4v) is 1.21. The van der Waals surface area contributed by atoms with Crippen molar-refractivity contribution in [2.45, 2.75) is 6.54 Å². The first-order valence-corrected chi connectivity index (χ1v) is 4.06. The zero-order valence-electron chi connectivity index (χ0n) is 8.64. The van der Waals surface area contributed by atoms with Gasteiger partial charge in [-0.05, 0) is 12.1 Å². The minimum absolute atomic E-state index is 0. The van der Waals surface area contributed by atoms with E-state index in [0.29, 0.717) is 5.75 Å². The van der Waals surface area contributed by atoms with Crippen molar-refractivity contribution in [1.82, 2.24) is 0 Å². The number of rotatable bonds is 3. The van der Waals surface area contributed by atoms with E-state index in [-0.39, 0.29) is 63.5 Å². The van der Waals surface area contributed by atoms with E-state index in [1.54, 1.807) is 0 Å². The average molecular weight is 243 g/mol. The zero-order chi connectivity index (χ0) is 10.8. The Bertz CT molecular complexity index is 332. The SMILES string of the molecule is COc1ccc([B-](F)(F)F)c(CN)c1.[K+]. The second kappa shape index (κ2) is 6.27. The monoisotopic (exact) mass is 243 g/mol. The summed E-state index contributed by atoms with van der Waals surface area (Å²) in [4.78, 5) is 0. The van der Waals surface area contributed by atoms with E-state index in [2.05, 4.69) is 0 Å². The van der Waals surface area contributed by atoms with Crippen molar-refractivity contribution in [2.75, 3.05) is 7.11 Å². The van der Waals surface area contributed by atoms with E-state index in [0.717, 1.165) is 6.07 Å². The van der Waals surface area contributed by atoms with Gasteiger partial charge in [-0.25, -0.2) is 0 Å². The molecule has 0 aromatic heterocycles. The molecule has 1 aromatic rings. The summed E-state index contributed by atoms with van der Waals surface area (Å²) in [5, 5.41) is 0. The van der Waals surface area contributed by atoms with Gasteiger partial charge in [0.25, 0.3) is 0 Å². The third-order valence-corrected chi connectivity index (χ3v) is 1.92. The van der Waals surface area contributed by atoms with Crippen LogP contribution in [0.25, 0.3) is 0 Å². The molecule has 0 spiro atoms. The Hall–Kier alpha value is 0.471. The summed E-state index contributed by atoms with van der Waals surface area (Å²) in [7, 11) is 1.40. The standard InChI is InChI=1S/C8H10BF3NO.K/c1-14-7-2-3-8(9(10,11)12)6(4-7)5-13;/h2-4H,5,13H2,1H3;/q-1;+1. The molecule has 0 radical (unpaired) electrons. The van der Waals surface area contributed by atoms with Crippen molar-refractivity contribution in [2.24, 2.45) is 5.73 Å². The van der Waals surface area contributed by atoms with Crippen LogP contribution in [0, 0.1) is 0 Å². The van der Waals surface area contributed by atoms with Crippen molar-refractivity contribution in [3.8, 4) is 5.75 Å². The molecule has 2 N–H and O–H groups in total. The molecule has 0 saturated heterocycles. The van der Waals surface area contributed by atoms with Gasteiger partial charge in [-0.15, -0.1) is 5.46 Å². The van der Waals surface area contributed by atoms with E-state index in [1.807, 2.05) is 0 Å². The van der Waals surface area contributed by atoms with E-state index in [9.17, 15) is 12.9 Å². The molecule has 15 heavy (non-hydrogen) atoms. The van der Waals surface area contributed by atoms with Crippen LogP contribution in [0.3, 0.4) is 0 Å². The predicted molar refractivity (Wildman–Crippen MR) is 49.6 cm³/mol. The fraction of sp³-hybridized carbons (Fsp3) is 0.250. The Morgan fingerprint density at radius 1 is 1.33 bits per heavy atom. The van der Waals surface area contributed by atoms with Gasteiger partial charge in [-0.3, -0.25) is 0 Å². The number of benzene rings is 1. The van der Waals surface area contributed by atoms with Crippen molar-refractivity contribution in [3.05, 3.63) is 23.8 Å². The van der Waals surface area contributed by atoms with Gasteiger partial charge in [0.1, 0.15) is 5.75 Å². The summed E-state index contributed by atoms with van der Waals surface area (Å²) in [5.41, 5.74) is 4.65. The molecule has 78 valence electrons. The molecule has 0 fully saturated rings. The van der Waals surface area contributed by atoms with Gasteiger partial charge < -0.3 is 23.4 Å². The molecule has 0 atom stereocenters. The molecule has 7 heteroatoms. The van der Waals surface area contributed by atoms with Gasteiger partial charge in [-0.2, -0.15) is 0 Å². The molecule has 2 nitrogen and oxygen atoms in total. The molecule has 0 unspecified atom stereocenters. The molecule has 0 saturated carbocycles. The van der Waals surface area contributed by atoms with Crippen LogP contribution >= 0.6 is 0 Å². The quantitative estimate of drug-likeness (QED) is 0.636. The van der Waals surface area contributed by atoms with E-state index in [1.165, 1.54) is 19.2 Å². The summed E-state index contributed by atoms with van der Waals surface area (Å²) >= 11 is 0. The van der Waals surface area contributed by atoms with E-state index >= 15 is 0 Å². The Morgan fingerprint density at radius 3 is 2.33 bits per heavy atom. The van der Waals surface area contributed by atoms with Gasteiger partial charge >= 0.3 is 58.4 Å². The first-order valence-electron chi connectivity index (χ1n) is 4.06. The van der Waals surface area contributed by atoms with Gasteiger partial charge in [0.05, 0.1) is 7.11 Å². The van der Waals surface area contributed by atoms with E-state index in [4.69, 9.17) is 10.5 Å². The van der Waals surface area contributed by atoms with Crippen LogP contribution in [0.4, 0.5) is 12.9 Å². The van der Waals surface area contributed by atoms with Crippen LogP contribution < -0.4 is 67.3 Å². The Kier molecular flexibility index (Phi) is 6.46. The average Bonchev–Trinajstić information content (AvgIpc) is 2.15. The number of hydrogen-bond acceptors (Lipinski definition) is 2. The molecule has 0 aliphatic carbocycles.